The minimum absolute atomic E-state index is 0. The van der Waals surface area contributed by atoms with Gasteiger partial charge in [0.1, 0.15) is 5.82 Å². The molecule has 1 aromatic rings. The summed E-state index contributed by atoms with van der Waals surface area (Å²) < 4.78 is 13.1. The smallest absolute Gasteiger partial charge is 0.239 e. The van der Waals surface area contributed by atoms with E-state index in [0.29, 0.717) is 6.04 Å². The Labute approximate surface area is 184 Å². The molecule has 1 aromatic carbocycles. The van der Waals surface area contributed by atoms with E-state index in [1.54, 1.807) is 7.05 Å². The Morgan fingerprint density at radius 2 is 1.75 bits per heavy atom. The molecule has 1 saturated carbocycles. The SMILES string of the molecule is CN=C(NCC(=O)NC1CCCCC1)N1CCN(c2ccc(F)cc2)CC1.I. The van der Waals surface area contributed by atoms with Crippen molar-refractivity contribution in [1.29, 1.82) is 0 Å². The third-order valence-electron chi connectivity index (χ3n) is 5.36. The lowest BCUT2D eigenvalue weighted by Crippen LogP contribution is -2.54. The van der Waals surface area contributed by atoms with Crippen LogP contribution in [0.5, 0.6) is 0 Å². The van der Waals surface area contributed by atoms with Gasteiger partial charge in [-0.15, -0.1) is 24.0 Å². The number of benzene rings is 1. The number of amides is 1. The van der Waals surface area contributed by atoms with E-state index < -0.39 is 0 Å². The third kappa shape index (κ3) is 6.49. The maximum absolute atomic E-state index is 13.1. The summed E-state index contributed by atoms with van der Waals surface area (Å²) in [7, 11) is 1.74. The summed E-state index contributed by atoms with van der Waals surface area (Å²) in [6, 6.07) is 6.94. The molecular weight excluding hydrogens is 472 g/mol. The molecule has 0 aromatic heterocycles. The highest BCUT2D eigenvalue weighted by molar-refractivity contribution is 14.0. The number of hydrogen-bond acceptors (Lipinski definition) is 3. The Bertz CT molecular complexity index is 641. The zero-order chi connectivity index (χ0) is 19.1. The molecule has 0 unspecified atom stereocenters. The van der Waals surface area contributed by atoms with Crippen molar-refractivity contribution in [3.8, 4) is 0 Å². The molecule has 1 heterocycles. The van der Waals surface area contributed by atoms with Crippen LogP contribution in [0.15, 0.2) is 29.3 Å². The van der Waals surface area contributed by atoms with Crippen molar-refractivity contribution in [1.82, 2.24) is 15.5 Å². The highest BCUT2D eigenvalue weighted by atomic mass is 127. The standard InChI is InChI=1S/C20H30FN5O.HI/c1-22-20(23-15-19(27)24-17-5-3-2-4-6-17)26-13-11-25(12-14-26)18-9-7-16(21)8-10-18;/h7-10,17H,2-6,11-15H2,1H3,(H,22,23)(H,24,27);1H. The first kappa shape index (κ1) is 22.7. The fourth-order valence-corrected chi connectivity index (χ4v) is 3.85. The van der Waals surface area contributed by atoms with E-state index in [-0.39, 0.29) is 42.2 Å². The molecule has 2 fully saturated rings. The Hall–Kier alpha value is -1.58. The van der Waals surface area contributed by atoms with Gasteiger partial charge in [0.05, 0.1) is 6.54 Å². The van der Waals surface area contributed by atoms with E-state index in [0.717, 1.165) is 50.7 Å². The second-order valence-corrected chi connectivity index (χ2v) is 7.25. The fraction of sp³-hybridized carbons (Fsp3) is 0.600. The van der Waals surface area contributed by atoms with Crippen molar-refractivity contribution >= 4 is 41.5 Å². The van der Waals surface area contributed by atoms with E-state index in [9.17, 15) is 9.18 Å². The molecule has 1 aliphatic heterocycles. The van der Waals surface area contributed by atoms with Gasteiger partial charge in [-0.3, -0.25) is 9.79 Å². The molecule has 0 atom stereocenters. The number of nitrogens with one attached hydrogen (secondary N) is 2. The molecule has 0 bridgehead atoms. The number of guanidine groups is 1. The Morgan fingerprint density at radius 1 is 1.11 bits per heavy atom. The second-order valence-electron chi connectivity index (χ2n) is 7.25. The van der Waals surface area contributed by atoms with Gasteiger partial charge in [-0.1, -0.05) is 19.3 Å². The van der Waals surface area contributed by atoms with Crippen molar-refractivity contribution in [2.24, 2.45) is 4.99 Å². The zero-order valence-corrected chi connectivity index (χ0v) is 18.8. The summed E-state index contributed by atoms with van der Waals surface area (Å²) in [5.74, 6) is 0.578. The lowest BCUT2D eigenvalue weighted by atomic mass is 9.95. The summed E-state index contributed by atoms with van der Waals surface area (Å²) in [5.41, 5.74) is 1.03. The molecule has 1 saturated heterocycles. The van der Waals surface area contributed by atoms with Crippen molar-refractivity contribution < 1.29 is 9.18 Å². The van der Waals surface area contributed by atoms with Crippen LogP contribution in [0, 0.1) is 5.82 Å². The van der Waals surface area contributed by atoms with Crippen molar-refractivity contribution in [3.63, 3.8) is 0 Å². The second kappa shape index (κ2) is 11.4. The van der Waals surface area contributed by atoms with Gasteiger partial charge in [0.2, 0.25) is 5.91 Å². The largest absolute Gasteiger partial charge is 0.368 e. The van der Waals surface area contributed by atoms with E-state index in [1.165, 1.54) is 31.4 Å². The van der Waals surface area contributed by atoms with Crippen LogP contribution in [0.2, 0.25) is 0 Å². The fourth-order valence-electron chi connectivity index (χ4n) is 3.85. The van der Waals surface area contributed by atoms with Crippen LogP contribution in [-0.2, 0) is 4.79 Å². The number of rotatable bonds is 4. The molecule has 3 rings (SSSR count). The van der Waals surface area contributed by atoms with E-state index >= 15 is 0 Å². The summed E-state index contributed by atoms with van der Waals surface area (Å²) in [5, 5.41) is 6.31. The summed E-state index contributed by atoms with van der Waals surface area (Å²) in [4.78, 5) is 20.9. The number of anilines is 1. The molecule has 0 spiro atoms. The first-order valence-electron chi connectivity index (χ1n) is 9.91. The molecular formula is C20H31FIN5O. The zero-order valence-electron chi connectivity index (χ0n) is 16.5. The topological polar surface area (TPSA) is 60.0 Å². The average Bonchev–Trinajstić information content (AvgIpc) is 2.70. The Kier molecular flexibility index (Phi) is 9.27. The summed E-state index contributed by atoms with van der Waals surface area (Å²) in [6.07, 6.45) is 5.87. The number of hydrogen-bond donors (Lipinski definition) is 2. The van der Waals surface area contributed by atoms with Gasteiger partial charge < -0.3 is 20.4 Å². The van der Waals surface area contributed by atoms with Crippen molar-refractivity contribution in [3.05, 3.63) is 30.1 Å². The van der Waals surface area contributed by atoms with Crippen LogP contribution in [0.1, 0.15) is 32.1 Å². The molecule has 1 amide bonds. The summed E-state index contributed by atoms with van der Waals surface area (Å²) >= 11 is 0. The van der Waals surface area contributed by atoms with Gasteiger partial charge in [-0.25, -0.2) is 4.39 Å². The number of carbonyl (C=O) groups excluding carboxylic acids is 1. The first-order chi connectivity index (χ1) is 13.2. The van der Waals surface area contributed by atoms with Crippen molar-refractivity contribution in [2.45, 2.75) is 38.1 Å². The van der Waals surface area contributed by atoms with Gasteiger partial charge in [0.25, 0.3) is 0 Å². The number of nitrogens with zero attached hydrogens (tertiary/aromatic N) is 3. The quantitative estimate of drug-likeness (QED) is 0.377. The van der Waals surface area contributed by atoms with Crippen LogP contribution in [0.4, 0.5) is 10.1 Å². The minimum atomic E-state index is -0.214. The van der Waals surface area contributed by atoms with Crippen LogP contribution in [0.25, 0.3) is 0 Å². The summed E-state index contributed by atoms with van der Waals surface area (Å²) in [6.45, 7) is 3.53. The maximum atomic E-state index is 13.1. The maximum Gasteiger partial charge on any atom is 0.239 e. The molecule has 2 aliphatic rings. The Balaban J connectivity index is 0.00000280. The van der Waals surface area contributed by atoms with E-state index in [4.69, 9.17) is 0 Å². The molecule has 156 valence electrons. The normalized spacial score (nSPS) is 18.4. The molecule has 28 heavy (non-hydrogen) atoms. The van der Waals surface area contributed by atoms with Gasteiger partial charge in [0, 0.05) is 45.0 Å². The highest BCUT2D eigenvalue weighted by Gasteiger charge is 2.21. The molecule has 0 radical (unpaired) electrons. The monoisotopic (exact) mass is 503 g/mol. The number of halogens is 2. The lowest BCUT2D eigenvalue weighted by molar-refractivity contribution is -0.120. The van der Waals surface area contributed by atoms with Crippen LogP contribution < -0.4 is 15.5 Å². The first-order valence-corrected chi connectivity index (χ1v) is 9.91. The number of aliphatic imine (C=N–C) groups is 1. The van der Waals surface area contributed by atoms with Gasteiger partial charge in [0.15, 0.2) is 5.96 Å². The highest BCUT2D eigenvalue weighted by Crippen LogP contribution is 2.18. The van der Waals surface area contributed by atoms with Gasteiger partial charge >= 0.3 is 0 Å². The molecule has 2 N–H and O–H groups in total. The average molecular weight is 503 g/mol. The predicted molar refractivity (Wildman–Crippen MR) is 122 cm³/mol. The molecule has 1 aliphatic carbocycles. The lowest BCUT2D eigenvalue weighted by Gasteiger charge is -2.37. The number of carbonyl (C=O) groups is 1. The van der Waals surface area contributed by atoms with E-state index in [1.807, 2.05) is 12.1 Å². The third-order valence-corrected chi connectivity index (χ3v) is 5.36. The molecule has 6 nitrogen and oxygen atoms in total. The molecule has 8 heteroatoms. The number of piperazine rings is 1. The van der Waals surface area contributed by atoms with Gasteiger partial charge in [-0.05, 0) is 37.1 Å². The predicted octanol–water partition coefficient (Wildman–Crippen LogP) is 2.59. The van der Waals surface area contributed by atoms with Crippen LogP contribution >= 0.6 is 24.0 Å². The van der Waals surface area contributed by atoms with Crippen LogP contribution in [0.3, 0.4) is 0 Å². The van der Waals surface area contributed by atoms with Gasteiger partial charge in [-0.2, -0.15) is 0 Å². The van der Waals surface area contributed by atoms with Crippen molar-refractivity contribution in [2.75, 3.05) is 44.7 Å². The van der Waals surface area contributed by atoms with Crippen LogP contribution in [-0.4, -0.2) is 62.6 Å². The Morgan fingerprint density at radius 3 is 2.36 bits per heavy atom. The minimum Gasteiger partial charge on any atom is -0.368 e. The van der Waals surface area contributed by atoms with E-state index in [2.05, 4.69) is 25.4 Å².